The van der Waals surface area contributed by atoms with E-state index in [2.05, 4.69) is 0 Å². The smallest absolute Gasteiger partial charge is 0.154 e. The van der Waals surface area contributed by atoms with Gasteiger partial charge in [0.25, 0.3) is 0 Å². The minimum atomic E-state index is -0.746. The summed E-state index contributed by atoms with van der Waals surface area (Å²) in [5, 5.41) is 0. The van der Waals surface area contributed by atoms with Crippen LogP contribution in [0.4, 0.5) is 8.78 Å². The molecule has 2 heteroatoms. The van der Waals surface area contributed by atoms with Crippen molar-refractivity contribution in [2.45, 2.75) is 54.4 Å². The molecule has 0 rings (SSSR count). The molecule has 0 heterocycles. The van der Waals surface area contributed by atoms with E-state index in [0.717, 1.165) is 0 Å². The summed E-state index contributed by atoms with van der Waals surface area (Å²) in [6.45, 7) is 11.5. The van der Waals surface area contributed by atoms with E-state index < -0.39 is 11.7 Å². The number of allylic oxidation sites excluding steroid dienone is 4. The van der Waals surface area contributed by atoms with Crippen LogP contribution in [0, 0.1) is 0 Å². The van der Waals surface area contributed by atoms with Gasteiger partial charge in [0.05, 0.1) is 0 Å². The maximum atomic E-state index is 12.4. The van der Waals surface area contributed by atoms with Crippen molar-refractivity contribution in [2.24, 2.45) is 0 Å². The third-order valence-electron chi connectivity index (χ3n) is 0.995. The van der Waals surface area contributed by atoms with Crippen LogP contribution in [0.3, 0.4) is 0 Å². The molecule has 0 aromatic carbocycles. The molecule has 0 aromatic heterocycles. The van der Waals surface area contributed by atoms with Crippen LogP contribution in [0.2, 0.25) is 0 Å². The molecule has 0 aromatic rings. The number of rotatable bonds is 3. The summed E-state index contributed by atoms with van der Waals surface area (Å²) < 4.78 is 24.8. The van der Waals surface area contributed by atoms with E-state index in [1.807, 2.05) is 27.7 Å². The first kappa shape index (κ1) is 19.0. The van der Waals surface area contributed by atoms with E-state index in [-0.39, 0.29) is 0 Å². The zero-order chi connectivity index (χ0) is 12.0. The van der Waals surface area contributed by atoms with E-state index in [0.29, 0.717) is 12.8 Å². The van der Waals surface area contributed by atoms with E-state index in [9.17, 15) is 8.78 Å². The topological polar surface area (TPSA) is 0 Å². The second kappa shape index (κ2) is 18.2. The first-order chi connectivity index (χ1) is 6.72. The molecule has 0 fully saturated rings. The lowest BCUT2D eigenvalue weighted by Crippen LogP contribution is -1.74. The summed E-state index contributed by atoms with van der Waals surface area (Å²) in [4.78, 5) is 0. The fourth-order valence-corrected chi connectivity index (χ4v) is 0.553. The normalized spacial score (nSPS) is 10.9. The Morgan fingerprint density at radius 1 is 0.786 bits per heavy atom. The average molecular weight is 206 g/mol. The fraction of sp³-hybridized carbons (Fsp3) is 0.667. The molecular formula is C12H24F2. The van der Waals surface area contributed by atoms with Crippen molar-refractivity contribution < 1.29 is 8.78 Å². The molecule has 0 radical (unpaired) electrons. The molecule has 0 saturated carbocycles. The maximum absolute atomic E-state index is 12.4. The summed E-state index contributed by atoms with van der Waals surface area (Å²) in [6.07, 6.45) is 3.50. The third kappa shape index (κ3) is 13.9. The van der Waals surface area contributed by atoms with Crippen molar-refractivity contribution >= 4 is 0 Å². The molecule has 0 N–H and O–H groups in total. The Hall–Kier alpha value is -0.660. The molecule has 0 aliphatic carbocycles. The Bertz CT molecular complexity index is 128. The fourth-order valence-electron chi connectivity index (χ4n) is 0.553. The van der Waals surface area contributed by atoms with Gasteiger partial charge in [0.1, 0.15) is 0 Å². The molecule has 0 spiro atoms. The molecule has 0 unspecified atom stereocenters. The van der Waals surface area contributed by atoms with Crippen molar-refractivity contribution in [1.29, 1.82) is 0 Å². The minimum absolute atomic E-state index is 0.525. The van der Waals surface area contributed by atoms with Gasteiger partial charge in [-0.3, -0.25) is 0 Å². The van der Waals surface area contributed by atoms with Gasteiger partial charge in [-0.1, -0.05) is 41.5 Å². The Balaban J connectivity index is -0.000000266. The second-order valence-corrected chi connectivity index (χ2v) is 1.92. The van der Waals surface area contributed by atoms with Crippen molar-refractivity contribution in [1.82, 2.24) is 0 Å². The molecule has 0 saturated heterocycles. The quantitative estimate of drug-likeness (QED) is 0.530. The van der Waals surface area contributed by atoms with Crippen LogP contribution < -0.4 is 0 Å². The van der Waals surface area contributed by atoms with Crippen LogP contribution in [0.15, 0.2) is 23.8 Å². The summed E-state index contributed by atoms with van der Waals surface area (Å²) in [5.41, 5.74) is 0. The van der Waals surface area contributed by atoms with E-state index in [4.69, 9.17) is 0 Å². The maximum Gasteiger partial charge on any atom is 0.154 e. The molecule has 0 aliphatic heterocycles. The largest absolute Gasteiger partial charge is 0.204 e. The third-order valence-corrected chi connectivity index (χ3v) is 0.995. The van der Waals surface area contributed by atoms with Crippen LogP contribution in [0.1, 0.15) is 54.4 Å². The first-order valence-electron chi connectivity index (χ1n) is 5.44. The van der Waals surface area contributed by atoms with Crippen molar-refractivity contribution in [2.75, 3.05) is 0 Å². The molecule has 86 valence electrons. The monoisotopic (exact) mass is 206 g/mol. The number of halogens is 2. The summed E-state index contributed by atoms with van der Waals surface area (Å²) in [7, 11) is 0. The second-order valence-electron chi connectivity index (χ2n) is 1.92. The zero-order valence-corrected chi connectivity index (χ0v) is 10.3. The Morgan fingerprint density at radius 3 is 1.14 bits per heavy atom. The van der Waals surface area contributed by atoms with Gasteiger partial charge in [-0.2, -0.15) is 0 Å². The van der Waals surface area contributed by atoms with Gasteiger partial charge in [0.15, 0.2) is 11.7 Å². The molecule has 0 aliphatic rings. The van der Waals surface area contributed by atoms with Crippen molar-refractivity contribution in [3.63, 3.8) is 0 Å². The predicted octanol–water partition coefficient (Wildman–Crippen LogP) is 5.57. The Labute approximate surface area is 87.7 Å². The summed E-state index contributed by atoms with van der Waals surface area (Å²) in [6, 6.07) is 0. The lowest BCUT2D eigenvalue weighted by Gasteiger charge is -1.89. The van der Waals surface area contributed by atoms with Gasteiger partial charge < -0.3 is 0 Å². The van der Waals surface area contributed by atoms with Gasteiger partial charge in [0, 0.05) is 0 Å². The van der Waals surface area contributed by atoms with Crippen LogP contribution >= 0.6 is 0 Å². The van der Waals surface area contributed by atoms with Gasteiger partial charge >= 0.3 is 0 Å². The highest BCUT2D eigenvalue weighted by Crippen LogP contribution is 2.13. The Kier molecular flexibility index (Phi) is 24.7. The lowest BCUT2D eigenvalue weighted by atomic mass is 10.3. The lowest BCUT2D eigenvalue weighted by molar-refractivity contribution is 0.539. The van der Waals surface area contributed by atoms with E-state index in [1.54, 1.807) is 13.8 Å². The SMILES string of the molecule is CC.CC.CC/C=C(F)\C(F)=C/CC. The van der Waals surface area contributed by atoms with Crippen molar-refractivity contribution in [3.8, 4) is 0 Å². The minimum Gasteiger partial charge on any atom is -0.204 e. The van der Waals surface area contributed by atoms with Gasteiger partial charge in [-0.25, -0.2) is 8.78 Å². The molecule has 0 bridgehead atoms. The zero-order valence-electron chi connectivity index (χ0n) is 10.3. The molecular weight excluding hydrogens is 182 g/mol. The van der Waals surface area contributed by atoms with Gasteiger partial charge in [-0.05, 0) is 25.0 Å². The number of hydrogen-bond donors (Lipinski definition) is 0. The Morgan fingerprint density at radius 2 is 1.00 bits per heavy atom. The molecule has 0 amide bonds. The highest BCUT2D eigenvalue weighted by molar-refractivity contribution is 5.17. The molecule has 0 nitrogen and oxygen atoms in total. The van der Waals surface area contributed by atoms with E-state index >= 15 is 0 Å². The first-order valence-corrected chi connectivity index (χ1v) is 5.44. The standard InChI is InChI=1S/C8H12F2.2C2H6/c1-3-5-7(9)8(10)6-4-2;2*1-2/h5-6H,3-4H2,1-2H3;2*1-2H3/b7-5+,8-6+;;. The van der Waals surface area contributed by atoms with Crippen molar-refractivity contribution in [3.05, 3.63) is 23.8 Å². The van der Waals surface area contributed by atoms with Crippen LogP contribution in [-0.4, -0.2) is 0 Å². The van der Waals surface area contributed by atoms with Gasteiger partial charge in [0.2, 0.25) is 0 Å². The highest BCUT2D eigenvalue weighted by atomic mass is 19.2. The van der Waals surface area contributed by atoms with Crippen LogP contribution in [0.5, 0.6) is 0 Å². The van der Waals surface area contributed by atoms with Gasteiger partial charge in [-0.15, -0.1) is 0 Å². The van der Waals surface area contributed by atoms with Crippen LogP contribution in [0.25, 0.3) is 0 Å². The average Bonchev–Trinajstić information content (AvgIpc) is 2.24. The predicted molar refractivity (Wildman–Crippen MR) is 61.7 cm³/mol. The number of hydrogen-bond acceptors (Lipinski definition) is 0. The molecule has 14 heavy (non-hydrogen) atoms. The molecule has 0 atom stereocenters. The van der Waals surface area contributed by atoms with E-state index in [1.165, 1.54) is 12.2 Å². The highest BCUT2D eigenvalue weighted by Gasteiger charge is 1.98. The van der Waals surface area contributed by atoms with Crippen LogP contribution in [-0.2, 0) is 0 Å². The summed E-state index contributed by atoms with van der Waals surface area (Å²) >= 11 is 0. The summed E-state index contributed by atoms with van der Waals surface area (Å²) in [5.74, 6) is -1.49.